The fourth-order valence-electron chi connectivity index (χ4n) is 5.26. The highest BCUT2D eigenvalue weighted by atomic mass is 35.5. The van der Waals surface area contributed by atoms with Gasteiger partial charge in [0.15, 0.2) is 0 Å². The topological polar surface area (TPSA) is 53.1 Å². The lowest BCUT2D eigenvalue weighted by molar-refractivity contribution is -0.122. The van der Waals surface area contributed by atoms with Gasteiger partial charge in [0, 0.05) is 38.3 Å². The van der Waals surface area contributed by atoms with Gasteiger partial charge >= 0.3 is 6.09 Å². The van der Waals surface area contributed by atoms with Gasteiger partial charge in [0.25, 0.3) is 0 Å². The number of likely N-dealkylation sites (tertiary alicyclic amines) is 2. The van der Waals surface area contributed by atoms with Crippen LogP contribution in [0.5, 0.6) is 0 Å². The van der Waals surface area contributed by atoms with Crippen LogP contribution < -0.4 is 4.90 Å². The van der Waals surface area contributed by atoms with Crippen molar-refractivity contribution in [2.24, 2.45) is 0 Å². The van der Waals surface area contributed by atoms with Gasteiger partial charge in [0.2, 0.25) is 5.91 Å². The molecule has 2 saturated heterocycles. The number of amides is 2. The summed E-state index contributed by atoms with van der Waals surface area (Å²) in [4.78, 5) is 31.2. The molecule has 2 amide bonds. The van der Waals surface area contributed by atoms with Crippen LogP contribution in [0.1, 0.15) is 52.0 Å². The van der Waals surface area contributed by atoms with E-state index in [9.17, 15) is 14.0 Å². The lowest BCUT2D eigenvalue weighted by atomic mass is 9.86. The molecule has 1 aromatic carbocycles. The van der Waals surface area contributed by atoms with E-state index in [2.05, 4.69) is 4.90 Å². The number of nitrogens with zero attached hydrogens (tertiary/aromatic N) is 3. The molecule has 0 saturated carbocycles. The van der Waals surface area contributed by atoms with Crippen molar-refractivity contribution >= 4 is 29.3 Å². The Hall–Kier alpha value is -1.86. The maximum atomic E-state index is 14.2. The normalized spacial score (nSPS) is 22.7. The van der Waals surface area contributed by atoms with Gasteiger partial charge in [-0.05, 0) is 64.2 Å². The number of fused-ring (bicyclic) bond motifs is 1. The molecule has 3 aliphatic heterocycles. The molecule has 0 aromatic heterocycles. The van der Waals surface area contributed by atoms with Crippen molar-refractivity contribution in [3.8, 4) is 0 Å². The Morgan fingerprint density at radius 2 is 1.74 bits per heavy atom. The van der Waals surface area contributed by atoms with Crippen molar-refractivity contribution in [1.29, 1.82) is 0 Å². The summed E-state index contributed by atoms with van der Waals surface area (Å²) in [6.45, 7) is 9.21. The number of carbonyl (C=O) groups excluding carboxylic acids is 2. The number of hydrogen-bond donors (Lipinski definition) is 0. The Labute approximate surface area is 188 Å². The Morgan fingerprint density at radius 1 is 1.13 bits per heavy atom. The second-order valence-electron chi connectivity index (χ2n) is 9.27. The smallest absolute Gasteiger partial charge is 0.409 e. The molecule has 170 valence electrons. The van der Waals surface area contributed by atoms with Crippen LogP contribution in [0, 0.1) is 5.82 Å². The lowest BCUT2D eigenvalue weighted by Gasteiger charge is -2.43. The quantitative estimate of drug-likeness (QED) is 0.691. The highest BCUT2D eigenvalue weighted by molar-refractivity contribution is 6.31. The van der Waals surface area contributed by atoms with Gasteiger partial charge in [-0.25, -0.2) is 9.18 Å². The van der Waals surface area contributed by atoms with Crippen LogP contribution in [0.2, 0.25) is 5.02 Å². The summed E-state index contributed by atoms with van der Waals surface area (Å²) in [5.41, 5.74) is 0.764. The molecule has 0 bridgehead atoms. The number of piperidine rings is 2. The third-order valence-electron chi connectivity index (χ3n) is 7.10. The summed E-state index contributed by atoms with van der Waals surface area (Å²) >= 11 is 6.01. The minimum atomic E-state index is -0.705. The molecule has 31 heavy (non-hydrogen) atoms. The summed E-state index contributed by atoms with van der Waals surface area (Å²) < 4.78 is 19.3. The van der Waals surface area contributed by atoms with Crippen molar-refractivity contribution in [3.63, 3.8) is 0 Å². The lowest BCUT2D eigenvalue weighted by Crippen LogP contribution is -2.53. The molecule has 3 heterocycles. The van der Waals surface area contributed by atoms with E-state index in [0.29, 0.717) is 18.3 Å². The maximum absolute atomic E-state index is 14.2. The zero-order chi connectivity index (χ0) is 22.3. The van der Waals surface area contributed by atoms with Crippen LogP contribution >= 0.6 is 11.6 Å². The zero-order valence-electron chi connectivity index (χ0n) is 18.5. The van der Waals surface area contributed by atoms with Gasteiger partial charge in [-0.15, -0.1) is 0 Å². The monoisotopic (exact) mass is 451 g/mol. The van der Waals surface area contributed by atoms with Crippen LogP contribution in [0.3, 0.4) is 0 Å². The third kappa shape index (κ3) is 4.02. The molecular weight excluding hydrogens is 421 g/mol. The summed E-state index contributed by atoms with van der Waals surface area (Å²) in [5.74, 6) is -0.466. The number of anilines is 1. The summed E-state index contributed by atoms with van der Waals surface area (Å²) in [7, 11) is 0. The molecule has 0 atom stereocenters. The molecule has 1 aromatic rings. The largest absolute Gasteiger partial charge is 0.450 e. The molecule has 6 nitrogen and oxygen atoms in total. The fraction of sp³-hybridized carbons (Fsp3) is 0.652. The van der Waals surface area contributed by atoms with Crippen LogP contribution in [0.4, 0.5) is 14.9 Å². The number of hydrogen-bond acceptors (Lipinski definition) is 4. The highest BCUT2D eigenvalue weighted by Crippen LogP contribution is 2.45. The molecule has 8 heteroatoms. The predicted molar refractivity (Wildman–Crippen MR) is 118 cm³/mol. The van der Waals surface area contributed by atoms with Gasteiger partial charge in [0.1, 0.15) is 5.82 Å². The SMILES string of the molecule is CCOC(=O)N1CCC(N2CCC(N3C(=O)C(C)(C)c4cc(Cl)c(F)cc43)CC2)CC1. The number of benzene rings is 1. The molecule has 0 N–H and O–H groups in total. The van der Waals surface area contributed by atoms with Crippen LogP contribution in [-0.4, -0.2) is 66.7 Å². The summed E-state index contributed by atoms with van der Waals surface area (Å²) in [5, 5.41) is 0.0606. The van der Waals surface area contributed by atoms with Crippen LogP contribution in [-0.2, 0) is 14.9 Å². The Balaban J connectivity index is 1.39. The van der Waals surface area contributed by atoms with E-state index < -0.39 is 11.2 Å². The molecule has 0 radical (unpaired) electrons. The highest BCUT2D eigenvalue weighted by Gasteiger charge is 2.47. The van der Waals surface area contributed by atoms with Gasteiger partial charge < -0.3 is 19.4 Å². The van der Waals surface area contributed by atoms with Crippen LogP contribution in [0.25, 0.3) is 0 Å². The first-order valence-electron chi connectivity index (χ1n) is 11.2. The van der Waals surface area contributed by atoms with Gasteiger partial charge in [-0.3, -0.25) is 4.79 Å². The van der Waals surface area contributed by atoms with Gasteiger partial charge in [-0.2, -0.15) is 0 Å². The molecule has 0 unspecified atom stereocenters. The second kappa shape index (κ2) is 8.58. The van der Waals surface area contributed by atoms with E-state index in [1.54, 1.807) is 11.0 Å². The Bertz CT molecular complexity index is 862. The third-order valence-corrected chi connectivity index (χ3v) is 7.39. The van der Waals surface area contributed by atoms with Crippen molar-refractivity contribution in [2.75, 3.05) is 37.7 Å². The molecule has 4 rings (SSSR count). The summed E-state index contributed by atoms with van der Waals surface area (Å²) in [6, 6.07) is 3.53. The average molecular weight is 452 g/mol. The first kappa shape index (κ1) is 22.3. The fourth-order valence-corrected chi connectivity index (χ4v) is 5.43. The van der Waals surface area contributed by atoms with Gasteiger partial charge in [0.05, 0.1) is 22.7 Å². The molecule has 2 fully saturated rings. The first-order chi connectivity index (χ1) is 14.7. The Morgan fingerprint density at radius 3 is 2.35 bits per heavy atom. The van der Waals surface area contributed by atoms with E-state index in [-0.39, 0.29) is 23.1 Å². The number of rotatable bonds is 3. The van der Waals surface area contributed by atoms with Crippen LogP contribution in [0.15, 0.2) is 12.1 Å². The van der Waals surface area contributed by atoms with Crippen molar-refractivity contribution in [1.82, 2.24) is 9.80 Å². The first-order valence-corrected chi connectivity index (χ1v) is 11.6. The van der Waals surface area contributed by atoms with Crippen molar-refractivity contribution in [2.45, 2.75) is 64.0 Å². The molecule has 0 spiro atoms. The van der Waals surface area contributed by atoms with Gasteiger partial charge in [-0.1, -0.05) is 11.6 Å². The van der Waals surface area contributed by atoms with Crippen molar-refractivity contribution < 1.29 is 18.7 Å². The van der Waals surface area contributed by atoms with E-state index in [1.807, 2.05) is 25.7 Å². The van der Waals surface area contributed by atoms with E-state index >= 15 is 0 Å². The minimum Gasteiger partial charge on any atom is -0.450 e. The second-order valence-corrected chi connectivity index (χ2v) is 9.68. The molecular formula is C23H31ClFN3O3. The van der Waals surface area contributed by atoms with E-state index in [1.165, 1.54) is 6.07 Å². The summed E-state index contributed by atoms with van der Waals surface area (Å²) in [6.07, 6.45) is 3.35. The zero-order valence-corrected chi connectivity index (χ0v) is 19.3. The van der Waals surface area contributed by atoms with Crippen molar-refractivity contribution in [3.05, 3.63) is 28.5 Å². The number of halogens is 2. The Kier molecular flexibility index (Phi) is 6.19. The van der Waals surface area contributed by atoms with E-state index in [4.69, 9.17) is 16.3 Å². The predicted octanol–water partition coefficient (Wildman–Crippen LogP) is 4.19. The molecule has 3 aliphatic rings. The number of ether oxygens (including phenoxy) is 1. The van der Waals surface area contributed by atoms with E-state index in [0.717, 1.165) is 57.4 Å². The minimum absolute atomic E-state index is 0.0189. The molecule has 0 aliphatic carbocycles. The standard InChI is InChI=1S/C23H31ClFN3O3/c1-4-31-22(30)27-11-5-15(6-12-27)26-9-7-16(8-10-26)28-20-14-19(25)18(24)13-17(20)23(2,3)21(28)29/h13-16H,4-12H2,1-3H3. The average Bonchev–Trinajstić information content (AvgIpc) is 2.94. The number of carbonyl (C=O) groups is 2. The maximum Gasteiger partial charge on any atom is 0.409 e.